The van der Waals surface area contributed by atoms with Crippen molar-refractivity contribution < 1.29 is 47.5 Å². The van der Waals surface area contributed by atoms with Gasteiger partial charge in [-0.2, -0.15) is 4.98 Å². The molecule has 1 aliphatic rings. The first-order valence-corrected chi connectivity index (χ1v) is 22.1. The molecule has 0 bridgehead atoms. The topological polar surface area (TPSA) is 175 Å². The molecule has 6 aromatic rings. The zero-order valence-electron chi connectivity index (χ0n) is 37.4. The maximum atomic E-state index is 13.6. The molecule has 2 amide bonds. The number of esters is 1. The fourth-order valence-electron chi connectivity index (χ4n) is 7.76. The molecule has 67 heavy (non-hydrogen) atoms. The van der Waals surface area contributed by atoms with E-state index in [4.69, 9.17) is 33.2 Å². The Morgan fingerprint density at radius 1 is 0.687 bits per heavy atom. The van der Waals surface area contributed by atoms with Crippen molar-refractivity contribution in [3.05, 3.63) is 190 Å². The minimum Gasteiger partial charge on any atom is -0.497 e. The zero-order chi connectivity index (χ0) is 46.9. The number of carbonyl (C=O) groups is 3. The van der Waals surface area contributed by atoms with Crippen LogP contribution in [0.3, 0.4) is 0 Å². The van der Waals surface area contributed by atoms with Crippen molar-refractivity contribution in [1.82, 2.24) is 14.9 Å². The predicted octanol–water partition coefficient (Wildman–Crippen LogP) is 8.70. The highest BCUT2D eigenvalue weighted by Gasteiger charge is 2.44. The summed E-state index contributed by atoms with van der Waals surface area (Å²) in [5, 5.41) is 5.25. The molecule has 0 unspecified atom stereocenters. The van der Waals surface area contributed by atoms with Gasteiger partial charge in [0.15, 0.2) is 0 Å². The standard InChI is InChI=1S/C52H54N4O11/c1-61-42-26-22-40(23-27-42)52(39-19-11-5-12-20-39,41-24-28-43(62-2)29-25-41)65-36-45-44(67-48(57)21-13-6-14-31-53-50(59)63-34-37-15-7-3-8-16-37)33-47(66-45)56-32-30-46(54-49(56)58)55-51(60)64-35-38-17-9-4-10-18-38/h3-5,7-12,15-20,22-30,32,44-45,47H,6,13-14,21,31,33-36H2,1-2H3,(H,53,59)(H,54,55,58,60)/t44-,45+,47+/m0/s1. The van der Waals surface area contributed by atoms with Crippen LogP contribution in [0, 0.1) is 0 Å². The average Bonchev–Trinajstić information content (AvgIpc) is 3.76. The Balaban J connectivity index is 1.07. The van der Waals surface area contributed by atoms with E-state index in [-0.39, 0.29) is 38.5 Å². The summed E-state index contributed by atoms with van der Waals surface area (Å²) in [6.07, 6.45) is -0.421. The molecular weight excluding hydrogens is 857 g/mol. The highest BCUT2D eigenvalue weighted by atomic mass is 16.6. The lowest BCUT2D eigenvalue weighted by Crippen LogP contribution is -2.39. The largest absolute Gasteiger partial charge is 0.497 e. The zero-order valence-corrected chi connectivity index (χ0v) is 37.4. The number of amides is 2. The average molecular weight is 911 g/mol. The number of hydrogen-bond acceptors (Lipinski definition) is 12. The van der Waals surface area contributed by atoms with Crippen LogP contribution in [0.2, 0.25) is 0 Å². The number of nitrogens with zero attached hydrogens (tertiary/aromatic N) is 2. The van der Waals surface area contributed by atoms with E-state index in [1.165, 1.54) is 16.8 Å². The summed E-state index contributed by atoms with van der Waals surface area (Å²) in [5.41, 5.74) is 2.17. The van der Waals surface area contributed by atoms with Crippen LogP contribution >= 0.6 is 0 Å². The van der Waals surface area contributed by atoms with E-state index in [2.05, 4.69) is 15.6 Å². The Hall–Kier alpha value is -7.49. The highest BCUT2D eigenvalue weighted by Crippen LogP contribution is 2.43. The molecular formula is C52H54N4O11. The fraction of sp³-hybridized carbons (Fsp3) is 0.288. The Morgan fingerprint density at radius 3 is 1.81 bits per heavy atom. The van der Waals surface area contributed by atoms with Gasteiger partial charge >= 0.3 is 23.8 Å². The van der Waals surface area contributed by atoms with Crippen molar-refractivity contribution in [2.75, 3.05) is 32.7 Å². The quantitative estimate of drug-likeness (QED) is 0.0305. The molecule has 1 fully saturated rings. The molecule has 0 saturated carbocycles. The van der Waals surface area contributed by atoms with E-state index in [0.717, 1.165) is 27.8 Å². The highest BCUT2D eigenvalue weighted by molar-refractivity contribution is 5.83. The number of alkyl carbamates (subject to hydrolysis) is 1. The Bertz CT molecular complexity index is 2510. The van der Waals surface area contributed by atoms with Gasteiger partial charge in [0.2, 0.25) is 0 Å². The minimum absolute atomic E-state index is 0.00826. The number of ether oxygens (including phenoxy) is 7. The van der Waals surface area contributed by atoms with E-state index in [0.29, 0.717) is 37.3 Å². The Labute approximate surface area is 388 Å². The first-order chi connectivity index (χ1) is 32.7. The molecule has 3 atom stereocenters. The van der Waals surface area contributed by atoms with Gasteiger partial charge in [0.05, 0.1) is 20.8 Å². The third kappa shape index (κ3) is 12.9. The lowest BCUT2D eigenvalue weighted by molar-refractivity contribution is -0.156. The van der Waals surface area contributed by atoms with Gasteiger partial charge in [-0.3, -0.25) is 14.7 Å². The monoisotopic (exact) mass is 910 g/mol. The number of nitrogens with one attached hydrogen (secondary N) is 2. The third-order valence-electron chi connectivity index (χ3n) is 11.2. The molecule has 2 N–H and O–H groups in total. The molecule has 0 spiro atoms. The second-order valence-electron chi connectivity index (χ2n) is 15.7. The van der Waals surface area contributed by atoms with Crippen molar-refractivity contribution in [2.24, 2.45) is 0 Å². The number of anilines is 1. The summed E-state index contributed by atoms with van der Waals surface area (Å²) in [4.78, 5) is 55.9. The molecule has 1 saturated heterocycles. The molecule has 2 heterocycles. The second kappa shape index (κ2) is 23.6. The van der Waals surface area contributed by atoms with E-state index >= 15 is 0 Å². The first kappa shape index (κ1) is 47.5. The number of rotatable bonds is 21. The van der Waals surface area contributed by atoms with E-state index in [9.17, 15) is 19.2 Å². The third-order valence-corrected chi connectivity index (χ3v) is 11.2. The van der Waals surface area contributed by atoms with Gasteiger partial charge in [-0.15, -0.1) is 0 Å². The lowest BCUT2D eigenvalue weighted by atomic mass is 9.80. The van der Waals surface area contributed by atoms with Crippen LogP contribution in [0.25, 0.3) is 0 Å². The Kier molecular flexibility index (Phi) is 16.7. The minimum atomic E-state index is -1.21. The van der Waals surface area contributed by atoms with E-state index < -0.39 is 47.9 Å². The normalized spacial score (nSPS) is 15.5. The van der Waals surface area contributed by atoms with E-state index in [1.54, 1.807) is 14.2 Å². The summed E-state index contributed by atoms with van der Waals surface area (Å²) in [7, 11) is 3.20. The number of benzene rings is 5. The van der Waals surface area contributed by atoms with Crippen molar-refractivity contribution in [1.29, 1.82) is 0 Å². The van der Waals surface area contributed by atoms with Crippen LogP contribution in [-0.2, 0) is 47.3 Å². The van der Waals surface area contributed by atoms with Gasteiger partial charge in [-0.05, 0) is 71.0 Å². The molecule has 0 aliphatic carbocycles. The molecule has 1 aliphatic heterocycles. The molecule has 15 nitrogen and oxygen atoms in total. The summed E-state index contributed by atoms with van der Waals surface area (Å²) >= 11 is 0. The lowest BCUT2D eigenvalue weighted by Gasteiger charge is -2.37. The van der Waals surface area contributed by atoms with Gasteiger partial charge in [0.1, 0.15) is 54.6 Å². The van der Waals surface area contributed by atoms with Gasteiger partial charge in [-0.1, -0.05) is 122 Å². The van der Waals surface area contributed by atoms with Crippen LogP contribution in [0.1, 0.15) is 66.1 Å². The maximum absolute atomic E-state index is 13.6. The summed E-state index contributed by atoms with van der Waals surface area (Å²) in [5.74, 6) is 0.867. The van der Waals surface area contributed by atoms with Gasteiger partial charge in [0.25, 0.3) is 0 Å². The van der Waals surface area contributed by atoms with Crippen molar-refractivity contribution in [3.63, 3.8) is 0 Å². The van der Waals surface area contributed by atoms with Gasteiger partial charge < -0.3 is 38.5 Å². The number of hydrogen-bond donors (Lipinski definition) is 2. The van der Waals surface area contributed by atoms with Crippen LogP contribution in [-0.4, -0.2) is 67.3 Å². The van der Waals surface area contributed by atoms with Crippen LogP contribution < -0.4 is 25.8 Å². The molecule has 5 aromatic carbocycles. The van der Waals surface area contributed by atoms with E-state index in [1.807, 2.05) is 140 Å². The molecule has 7 rings (SSSR count). The number of unbranched alkanes of at least 4 members (excludes halogenated alkanes) is 2. The van der Waals surface area contributed by atoms with Crippen LogP contribution in [0.4, 0.5) is 15.4 Å². The van der Waals surface area contributed by atoms with Crippen molar-refractivity contribution >= 4 is 24.0 Å². The molecule has 15 heteroatoms. The smallest absolute Gasteiger partial charge is 0.413 e. The fourth-order valence-corrected chi connectivity index (χ4v) is 7.76. The number of carbonyl (C=O) groups excluding carboxylic acids is 3. The van der Waals surface area contributed by atoms with Crippen LogP contribution in [0.5, 0.6) is 11.5 Å². The molecule has 348 valence electrons. The molecule has 1 aromatic heterocycles. The van der Waals surface area contributed by atoms with Crippen LogP contribution in [0.15, 0.2) is 157 Å². The predicted molar refractivity (Wildman–Crippen MR) is 249 cm³/mol. The summed E-state index contributed by atoms with van der Waals surface area (Å²) in [6, 6.07) is 45.0. The van der Waals surface area contributed by atoms with Crippen molar-refractivity contribution in [3.8, 4) is 11.5 Å². The number of methoxy groups -OCH3 is 2. The van der Waals surface area contributed by atoms with Crippen molar-refractivity contribution in [2.45, 2.75) is 69.4 Å². The summed E-state index contributed by atoms with van der Waals surface area (Å²) in [6.45, 7) is 0.515. The summed E-state index contributed by atoms with van der Waals surface area (Å²) < 4.78 is 42.7. The number of aromatic nitrogens is 2. The maximum Gasteiger partial charge on any atom is 0.413 e. The van der Waals surface area contributed by atoms with Gasteiger partial charge in [-0.25, -0.2) is 14.4 Å². The van der Waals surface area contributed by atoms with Gasteiger partial charge in [0, 0.05) is 25.6 Å². The Morgan fingerprint density at radius 2 is 1.24 bits per heavy atom. The molecule has 0 radical (unpaired) electrons. The second-order valence-corrected chi connectivity index (χ2v) is 15.7. The first-order valence-electron chi connectivity index (χ1n) is 22.1. The SMILES string of the molecule is COc1ccc(C(OC[C@H]2O[C@@H](n3ccc(NC(=O)OCc4ccccc4)nc3=O)C[C@@H]2OC(=O)CCCCCNC(=O)OCc2ccccc2)(c2ccccc2)c2ccc(OC)cc2)cc1.